The van der Waals surface area contributed by atoms with Gasteiger partial charge in [0.25, 0.3) is 0 Å². The van der Waals surface area contributed by atoms with Crippen molar-refractivity contribution >= 4 is 41.8 Å². The van der Waals surface area contributed by atoms with E-state index in [0.29, 0.717) is 0 Å². The highest BCUT2D eigenvalue weighted by atomic mass is 16.7. The first-order valence-corrected chi connectivity index (χ1v) is 21.9. The lowest BCUT2D eigenvalue weighted by atomic mass is 9.92. The highest BCUT2D eigenvalue weighted by Crippen LogP contribution is 2.44. The van der Waals surface area contributed by atoms with Gasteiger partial charge in [0, 0.05) is 5.92 Å². The van der Waals surface area contributed by atoms with E-state index in [0.717, 1.165) is 22.3 Å². The van der Waals surface area contributed by atoms with Crippen LogP contribution in [-0.2, 0) is 61.9 Å². The van der Waals surface area contributed by atoms with Crippen LogP contribution in [-0.4, -0.2) is 97.3 Å². The summed E-state index contributed by atoms with van der Waals surface area (Å²) in [5, 5.41) is 5.11. The molecular formula is C49H68N2O14. The minimum Gasteiger partial charge on any atom is -0.462 e. The molecule has 0 bridgehead atoms. The zero-order valence-electron chi connectivity index (χ0n) is 40.5. The summed E-state index contributed by atoms with van der Waals surface area (Å²) in [5.74, 6) is -5.16. The zero-order chi connectivity index (χ0) is 49.0. The van der Waals surface area contributed by atoms with E-state index in [4.69, 9.17) is 33.2 Å². The van der Waals surface area contributed by atoms with Crippen molar-refractivity contribution in [1.82, 2.24) is 10.6 Å². The summed E-state index contributed by atoms with van der Waals surface area (Å²) < 4.78 is 41.3. The lowest BCUT2D eigenvalue weighted by Gasteiger charge is -2.46. The first-order valence-electron chi connectivity index (χ1n) is 21.9. The van der Waals surface area contributed by atoms with Crippen LogP contribution in [0.3, 0.4) is 0 Å². The van der Waals surface area contributed by atoms with E-state index in [9.17, 15) is 33.6 Å². The Labute approximate surface area is 382 Å². The predicted octanol–water partition coefficient (Wildman–Crippen LogP) is 6.93. The summed E-state index contributed by atoms with van der Waals surface area (Å²) in [6.07, 6.45) is -9.70. The molecule has 6 atom stereocenters. The number of esters is 5. The number of rotatable bonds is 12. The maximum atomic E-state index is 14.2. The Bertz CT molecular complexity index is 2050. The Hall–Kier alpha value is -5.51. The van der Waals surface area contributed by atoms with E-state index in [1.54, 1.807) is 104 Å². The summed E-state index contributed by atoms with van der Waals surface area (Å²) in [4.78, 5) is 95.4. The number of benzene rings is 2. The maximum Gasteiger partial charge on any atom is 0.407 e. The van der Waals surface area contributed by atoms with E-state index in [1.165, 1.54) is 0 Å². The lowest BCUT2D eigenvalue weighted by Crippen LogP contribution is -2.67. The van der Waals surface area contributed by atoms with Gasteiger partial charge in [-0.25, -0.2) is 9.59 Å². The maximum absolute atomic E-state index is 14.2. The van der Waals surface area contributed by atoms with Crippen LogP contribution >= 0.6 is 0 Å². The summed E-state index contributed by atoms with van der Waals surface area (Å²) in [6, 6.07) is 13.9. The quantitative estimate of drug-likeness (QED) is 0.164. The van der Waals surface area contributed by atoms with Crippen molar-refractivity contribution in [2.75, 3.05) is 13.2 Å². The molecule has 1 fully saturated rings. The number of ether oxygens (including phenoxy) is 7. The van der Waals surface area contributed by atoms with Crippen molar-refractivity contribution in [3.05, 3.63) is 59.7 Å². The highest BCUT2D eigenvalue weighted by Gasteiger charge is 2.55. The van der Waals surface area contributed by atoms with Crippen LogP contribution < -0.4 is 10.6 Å². The van der Waals surface area contributed by atoms with Crippen molar-refractivity contribution in [2.45, 2.75) is 158 Å². The molecule has 1 saturated heterocycles. The second-order valence-corrected chi connectivity index (χ2v) is 21.6. The summed E-state index contributed by atoms with van der Waals surface area (Å²) in [6.45, 7) is 23.4. The molecule has 16 heteroatoms. The Morgan fingerprint density at radius 3 is 1.48 bits per heavy atom. The first-order chi connectivity index (χ1) is 29.8. The van der Waals surface area contributed by atoms with Gasteiger partial charge in [-0.05, 0) is 126 Å². The number of alkyl carbamates (subject to hydrolysis) is 1. The van der Waals surface area contributed by atoms with Gasteiger partial charge in [0.05, 0.1) is 28.1 Å². The molecule has 16 nitrogen and oxygen atoms in total. The third kappa shape index (κ3) is 14.0. The number of hydrogen-bond donors (Lipinski definition) is 2. The van der Waals surface area contributed by atoms with Crippen LogP contribution in [0.4, 0.5) is 4.79 Å². The van der Waals surface area contributed by atoms with Crippen LogP contribution in [0.5, 0.6) is 0 Å². The molecule has 358 valence electrons. The van der Waals surface area contributed by atoms with Crippen LogP contribution in [0.25, 0.3) is 11.1 Å². The monoisotopic (exact) mass is 908 g/mol. The molecule has 2 aliphatic rings. The standard InChI is InChI=1S/C49H68N2O14/c1-45(2,3)40(54)59-26-33-35(62-41(55)46(4,5)6)36(63-42(56)47(7,8)9)37(64-43(57)48(10,11)12)38(61-33)51-34(52)24-32(39(53)65-49(13,14)15)50-44(58)60-25-31-29-22-18-16-20-27(29)28-21-17-19-23-30(28)31/h16-23,31-33,35-38H,24-26H2,1-15H3,(H,50,58)(H,51,52)/t32-,33+,35-,36-,37+,38+/m0/s1. The van der Waals surface area contributed by atoms with Gasteiger partial charge < -0.3 is 43.8 Å². The smallest absolute Gasteiger partial charge is 0.407 e. The van der Waals surface area contributed by atoms with Gasteiger partial charge in [0.2, 0.25) is 5.91 Å². The van der Waals surface area contributed by atoms with Crippen LogP contribution in [0.15, 0.2) is 48.5 Å². The topological polar surface area (TPSA) is 208 Å². The predicted molar refractivity (Wildman–Crippen MR) is 238 cm³/mol. The molecule has 1 heterocycles. The SMILES string of the molecule is CC(C)(C)OC(=O)[C@H](CC(=O)N[C@@H]1O[C@H](COC(=O)C(C)(C)C)[C@H](OC(=O)C(C)(C)C)[C@H](OC(=O)C(C)(C)C)[C@H]1OC(=O)C(C)(C)C)NC(=O)OCC1c2ccccc2-c2ccccc21. The van der Waals surface area contributed by atoms with Gasteiger partial charge >= 0.3 is 35.9 Å². The van der Waals surface area contributed by atoms with Gasteiger partial charge in [-0.2, -0.15) is 0 Å². The molecule has 0 radical (unpaired) electrons. The Morgan fingerprint density at radius 2 is 1.02 bits per heavy atom. The van der Waals surface area contributed by atoms with Gasteiger partial charge in [-0.3, -0.25) is 24.0 Å². The number of carbonyl (C=O) groups is 7. The minimum atomic E-state index is -1.68. The molecule has 4 rings (SSSR count). The minimum absolute atomic E-state index is 0.0827. The first kappa shape index (κ1) is 52.1. The van der Waals surface area contributed by atoms with Crippen LogP contribution in [0.1, 0.15) is 127 Å². The van der Waals surface area contributed by atoms with Gasteiger partial charge in [-0.1, -0.05) is 48.5 Å². The average Bonchev–Trinajstić information content (AvgIpc) is 3.49. The van der Waals surface area contributed by atoms with E-state index in [2.05, 4.69) is 10.6 Å². The third-order valence-electron chi connectivity index (χ3n) is 10.2. The average molecular weight is 909 g/mol. The Kier molecular flexibility index (Phi) is 16.0. The molecule has 2 N–H and O–H groups in total. The fourth-order valence-corrected chi connectivity index (χ4v) is 6.60. The molecule has 1 aliphatic heterocycles. The molecular weight excluding hydrogens is 841 g/mol. The molecule has 2 aromatic rings. The molecule has 1 aliphatic carbocycles. The third-order valence-corrected chi connectivity index (χ3v) is 10.2. The van der Waals surface area contributed by atoms with Gasteiger partial charge in [-0.15, -0.1) is 0 Å². The van der Waals surface area contributed by atoms with Crippen LogP contribution in [0.2, 0.25) is 0 Å². The van der Waals surface area contributed by atoms with E-state index >= 15 is 0 Å². The molecule has 0 spiro atoms. The molecule has 65 heavy (non-hydrogen) atoms. The number of amides is 2. The van der Waals surface area contributed by atoms with Crippen molar-refractivity contribution in [3.8, 4) is 11.1 Å². The van der Waals surface area contributed by atoms with Gasteiger partial charge in [0.15, 0.2) is 24.5 Å². The number of fused-ring (bicyclic) bond motifs is 3. The van der Waals surface area contributed by atoms with Crippen molar-refractivity contribution in [3.63, 3.8) is 0 Å². The van der Waals surface area contributed by atoms with Crippen molar-refractivity contribution in [1.29, 1.82) is 0 Å². The Morgan fingerprint density at radius 1 is 0.569 bits per heavy atom. The van der Waals surface area contributed by atoms with E-state index < -0.39 is 119 Å². The van der Waals surface area contributed by atoms with Gasteiger partial charge in [0.1, 0.15) is 31.0 Å². The van der Waals surface area contributed by atoms with Crippen molar-refractivity contribution < 1.29 is 66.7 Å². The van der Waals surface area contributed by atoms with E-state index in [-0.39, 0.29) is 12.5 Å². The molecule has 0 saturated carbocycles. The van der Waals surface area contributed by atoms with E-state index in [1.807, 2.05) is 48.5 Å². The Balaban J connectivity index is 1.70. The number of carbonyl (C=O) groups excluding carboxylic acids is 7. The van der Waals surface area contributed by atoms with Crippen LogP contribution in [0, 0.1) is 21.7 Å². The highest BCUT2D eigenvalue weighted by molar-refractivity contribution is 5.88. The fourth-order valence-electron chi connectivity index (χ4n) is 6.60. The number of nitrogens with one attached hydrogen (secondary N) is 2. The second-order valence-electron chi connectivity index (χ2n) is 21.6. The largest absolute Gasteiger partial charge is 0.462 e. The molecule has 0 unspecified atom stereocenters. The number of hydrogen-bond acceptors (Lipinski definition) is 14. The second kappa shape index (κ2) is 19.9. The summed E-state index contributed by atoms with van der Waals surface area (Å²) in [5.41, 5.74) is -1.41. The molecule has 2 amide bonds. The summed E-state index contributed by atoms with van der Waals surface area (Å²) >= 11 is 0. The molecule has 2 aromatic carbocycles. The zero-order valence-corrected chi connectivity index (χ0v) is 40.5. The normalized spacial score (nSPS) is 20.5. The summed E-state index contributed by atoms with van der Waals surface area (Å²) in [7, 11) is 0. The molecule has 0 aromatic heterocycles. The lowest BCUT2D eigenvalue weighted by molar-refractivity contribution is -0.264. The van der Waals surface area contributed by atoms with Crippen molar-refractivity contribution in [2.24, 2.45) is 21.7 Å². The fraction of sp³-hybridized carbons (Fsp3) is 0.612.